The molecule has 0 bridgehead atoms. The lowest BCUT2D eigenvalue weighted by Gasteiger charge is -1.90. The molecule has 0 aliphatic carbocycles. The zero-order chi connectivity index (χ0) is 6.53. The molecule has 1 aromatic heterocycles. The molecule has 0 radical (unpaired) electrons. The molecular weight excluding hydrogens is 190 g/mol. The predicted octanol–water partition coefficient (Wildman–Crippen LogP) is 2.39. The molecule has 0 N–H and O–H groups in total. The standard InChI is InChI=1S/C8H9N.BrH/c1-2-5-8-6-3-4-7-9-8;/h2-4,6-7H,1,5H2;1H. The van der Waals surface area contributed by atoms with Gasteiger partial charge in [-0.15, -0.1) is 23.6 Å². The molecule has 0 amide bonds. The van der Waals surface area contributed by atoms with E-state index in [0.29, 0.717) is 0 Å². The van der Waals surface area contributed by atoms with Crippen LogP contribution in [-0.2, 0) is 6.42 Å². The average Bonchev–Trinajstić information content (AvgIpc) is 1.91. The van der Waals surface area contributed by atoms with Gasteiger partial charge in [0, 0.05) is 18.3 Å². The normalized spacial score (nSPS) is 8.00. The lowest BCUT2D eigenvalue weighted by molar-refractivity contribution is 1.11. The first-order valence-electron chi connectivity index (χ1n) is 2.94. The number of aromatic nitrogens is 1. The van der Waals surface area contributed by atoms with Crippen molar-refractivity contribution in [2.75, 3.05) is 0 Å². The Labute approximate surface area is 71.6 Å². The number of nitrogens with zero attached hydrogens (tertiary/aromatic N) is 1. The van der Waals surface area contributed by atoms with Crippen molar-refractivity contribution in [1.82, 2.24) is 4.98 Å². The van der Waals surface area contributed by atoms with Gasteiger partial charge in [-0.25, -0.2) is 0 Å². The van der Waals surface area contributed by atoms with E-state index in [9.17, 15) is 0 Å². The first-order valence-corrected chi connectivity index (χ1v) is 2.94. The fourth-order valence-electron chi connectivity index (χ4n) is 0.667. The predicted molar refractivity (Wildman–Crippen MR) is 48.5 cm³/mol. The van der Waals surface area contributed by atoms with Gasteiger partial charge in [0.25, 0.3) is 0 Å². The molecule has 0 saturated carbocycles. The Hall–Kier alpha value is -0.630. The molecule has 54 valence electrons. The molecule has 1 heterocycles. The van der Waals surface area contributed by atoms with Crippen molar-refractivity contribution in [2.45, 2.75) is 6.42 Å². The molecule has 0 unspecified atom stereocenters. The van der Waals surface area contributed by atoms with Gasteiger partial charge in [-0.1, -0.05) is 12.1 Å². The summed E-state index contributed by atoms with van der Waals surface area (Å²) in [5.41, 5.74) is 1.08. The summed E-state index contributed by atoms with van der Waals surface area (Å²) in [4.78, 5) is 4.10. The van der Waals surface area contributed by atoms with Crippen molar-refractivity contribution in [3.05, 3.63) is 42.7 Å². The number of hydrogen-bond donors (Lipinski definition) is 0. The highest BCUT2D eigenvalue weighted by atomic mass is 79.9. The van der Waals surface area contributed by atoms with Crippen LogP contribution in [0.1, 0.15) is 5.69 Å². The van der Waals surface area contributed by atoms with Crippen molar-refractivity contribution in [2.24, 2.45) is 0 Å². The third-order valence-electron chi connectivity index (χ3n) is 1.08. The van der Waals surface area contributed by atoms with Crippen LogP contribution >= 0.6 is 17.0 Å². The van der Waals surface area contributed by atoms with Crippen LogP contribution in [0.4, 0.5) is 0 Å². The van der Waals surface area contributed by atoms with Gasteiger partial charge < -0.3 is 0 Å². The third-order valence-corrected chi connectivity index (χ3v) is 1.08. The summed E-state index contributed by atoms with van der Waals surface area (Å²) in [5.74, 6) is 0. The summed E-state index contributed by atoms with van der Waals surface area (Å²) >= 11 is 0. The van der Waals surface area contributed by atoms with E-state index in [2.05, 4.69) is 11.6 Å². The Kier molecular flexibility index (Phi) is 4.85. The Morgan fingerprint density at radius 3 is 2.80 bits per heavy atom. The average molecular weight is 200 g/mol. The van der Waals surface area contributed by atoms with Gasteiger partial charge >= 0.3 is 0 Å². The molecule has 0 spiro atoms. The fraction of sp³-hybridized carbons (Fsp3) is 0.125. The first kappa shape index (κ1) is 9.37. The second-order valence-corrected chi connectivity index (χ2v) is 1.81. The van der Waals surface area contributed by atoms with Crippen LogP contribution in [0.2, 0.25) is 0 Å². The van der Waals surface area contributed by atoms with Crippen LogP contribution < -0.4 is 0 Å². The zero-order valence-corrected chi connectivity index (χ0v) is 7.37. The maximum Gasteiger partial charge on any atom is 0.0441 e. The van der Waals surface area contributed by atoms with E-state index < -0.39 is 0 Å². The minimum atomic E-state index is 0. The van der Waals surface area contributed by atoms with Crippen LogP contribution in [0.25, 0.3) is 0 Å². The van der Waals surface area contributed by atoms with Gasteiger partial charge in [0.1, 0.15) is 0 Å². The molecule has 0 saturated heterocycles. The number of rotatable bonds is 2. The number of allylic oxidation sites excluding steroid dienone is 1. The fourth-order valence-corrected chi connectivity index (χ4v) is 0.667. The van der Waals surface area contributed by atoms with Crippen molar-refractivity contribution < 1.29 is 0 Å². The Morgan fingerprint density at radius 1 is 1.50 bits per heavy atom. The molecule has 10 heavy (non-hydrogen) atoms. The van der Waals surface area contributed by atoms with E-state index in [1.807, 2.05) is 24.3 Å². The Bertz CT molecular complexity index is 184. The molecule has 1 nitrogen and oxygen atoms in total. The minimum absolute atomic E-state index is 0. The van der Waals surface area contributed by atoms with E-state index in [-0.39, 0.29) is 17.0 Å². The highest BCUT2D eigenvalue weighted by Crippen LogP contribution is 1.93. The zero-order valence-electron chi connectivity index (χ0n) is 5.66. The maximum absolute atomic E-state index is 4.10. The summed E-state index contributed by atoms with van der Waals surface area (Å²) in [7, 11) is 0. The maximum atomic E-state index is 4.10. The summed E-state index contributed by atoms with van der Waals surface area (Å²) < 4.78 is 0. The highest BCUT2D eigenvalue weighted by molar-refractivity contribution is 8.93. The topological polar surface area (TPSA) is 12.9 Å². The summed E-state index contributed by atoms with van der Waals surface area (Å²) in [6.45, 7) is 3.62. The van der Waals surface area contributed by atoms with E-state index in [1.54, 1.807) is 6.20 Å². The molecule has 1 aromatic rings. The van der Waals surface area contributed by atoms with Crippen LogP contribution in [0, 0.1) is 0 Å². The van der Waals surface area contributed by atoms with Crippen molar-refractivity contribution in [3.8, 4) is 0 Å². The second-order valence-electron chi connectivity index (χ2n) is 1.81. The molecule has 0 aliphatic rings. The Balaban J connectivity index is 0.000000810. The summed E-state index contributed by atoms with van der Waals surface area (Å²) in [6.07, 6.45) is 4.50. The van der Waals surface area contributed by atoms with Gasteiger partial charge in [0.05, 0.1) is 0 Å². The Morgan fingerprint density at radius 2 is 2.30 bits per heavy atom. The van der Waals surface area contributed by atoms with E-state index in [4.69, 9.17) is 0 Å². The van der Waals surface area contributed by atoms with Gasteiger partial charge in [-0.3, -0.25) is 4.98 Å². The number of hydrogen-bond acceptors (Lipinski definition) is 1. The van der Waals surface area contributed by atoms with Crippen LogP contribution in [0.15, 0.2) is 37.1 Å². The molecule has 2 heteroatoms. The molecule has 0 atom stereocenters. The summed E-state index contributed by atoms with van der Waals surface area (Å²) in [6, 6.07) is 5.88. The molecular formula is C8H10BrN. The third kappa shape index (κ3) is 2.78. The van der Waals surface area contributed by atoms with Crippen molar-refractivity contribution >= 4 is 17.0 Å². The van der Waals surface area contributed by atoms with Crippen LogP contribution in [0.5, 0.6) is 0 Å². The van der Waals surface area contributed by atoms with Gasteiger partial charge in [-0.05, 0) is 12.1 Å². The number of pyridine rings is 1. The molecule has 1 rings (SSSR count). The monoisotopic (exact) mass is 199 g/mol. The highest BCUT2D eigenvalue weighted by Gasteiger charge is 1.83. The largest absolute Gasteiger partial charge is 0.261 e. The number of halogens is 1. The van der Waals surface area contributed by atoms with Crippen molar-refractivity contribution in [3.63, 3.8) is 0 Å². The molecule has 0 fully saturated rings. The van der Waals surface area contributed by atoms with E-state index in [0.717, 1.165) is 12.1 Å². The van der Waals surface area contributed by atoms with Gasteiger partial charge in [0.2, 0.25) is 0 Å². The SMILES string of the molecule is Br.C=CCc1ccccn1. The lowest BCUT2D eigenvalue weighted by atomic mass is 10.3. The summed E-state index contributed by atoms with van der Waals surface area (Å²) in [5, 5.41) is 0. The smallest absolute Gasteiger partial charge is 0.0441 e. The van der Waals surface area contributed by atoms with Gasteiger partial charge in [0.15, 0.2) is 0 Å². The van der Waals surface area contributed by atoms with Gasteiger partial charge in [-0.2, -0.15) is 0 Å². The van der Waals surface area contributed by atoms with E-state index >= 15 is 0 Å². The second kappa shape index (κ2) is 5.18. The quantitative estimate of drug-likeness (QED) is 0.668. The molecule has 0 aliphatic heterocycles. The van der Waals surface area contributed by atoms with Crippen molar-refractivity contribution in [1.29, 1.82) is 0 Å². The first-order chi connectivity index (χ1) is 4.43. The van der Waals surface area contributed by atoms with Crippen LogP contribution in [0.3, 0.4) is 0 Å². The molecule has 0 aromatic carbocycles. The lowest BCUT2D eigenvalue weighted by Crippen LogP contribution is -1.82. The van der Waals surface area contributed by atoms with E-state index in [1.165, 1.54) is 0 Å². The van der Waals surface area contributed by atoms with Crippen LogP contribution in [-0.4, -0.2) is 4.98 Å². The minimum Gasteiger partial charge on any atom is -0.261 e.